The summed E-state index contributed by atoms with van der Waals surface area (Å²) >= 11 is 13.1. The van der Waals surface area contributed by atoms with Crippen LogP contribution in [-0.4, -0.2) is 40.5 Å². The highest BCUT2D eigenvalue weighted by Gasteiger charge is 2.13. The van der Waals surface area contributed by atoms with Crippen molar-refractivity contribution >= 4 is 52.5 Å². The number of anilines is 1. The average molecular weight is 524 g/mol. The number of thioether (sulfide) groups is 1. The molecule has 0 saturated carbocycles. The molecule has 11 heteroatoms. The van der Waals surface area contributed by atoms with Gasteiger partial charge in [-0.1, -0.05) is 41.0 Å². The third-order valence-corrected chi connectivity index (χ3v) is 5.54. The maximum atomic E-state index is 12.3. The number of carbonyl (C=O) groups excluding carboxylic acids is 2. The Labute approximate surface area is 211 Å². The molecule has 2 aromatic carbocycles. The van der Waals surface area contributed by atoms with E-state index in [-0.39, 0.29) is 17.8 Å². The summed E-state index contributed by atoms with van der Waals surface area (Å²) in [6.45, 7) is 3.96. The van der Waals surface area contributed by atoms with E-state index in [1.54, 1.807) is 56.3 Å². The lowest BCUT2D eigenvalue weighted by atomic mass is 10.2. The predicted octanol–water partition coefficient (Wildman–Crippen LogP) is 5.68. The summed E-state index contributed by atoms with van der Waals surface area (Å²) in [6, 6.07) is 11.6. The van der Waals surface area contributed by atoms with Crippen molar-refractivity contribution in [3.8, 4) is 5.75 Å². The van der Waals surface area contributed by atoms with Crippen molar-refractivity contribution < 1.29 is 23.5 Å². The van der Waals surface area contributed by atoms with Gasteiger partial charge >= 0.3 is 5.97 Å². The number of aryl methyl sites for hydroxylation is 1. The second-order valence-electron chi connectivity index (χ2n) is 7.36. The highest BCUT2D eigenvalue weighted by atomic mass is 35.5. The zero-order valence-corrected chi connectivity index (χ0v) is 20.9. The lowest BCUT2D eigenvalue weighted by Gasteiger charge is -2.09. The molecule has 1 amide bonds. The van der Waals surface area contributed by atoms with Gasteiger partial charge in [0.1, 0.15) is 5.75 Å². The van der Waals surface area contributed by atoms with E-state index in [9.17, 15) is 9.59 Å². The minimum Gasteiger partial charge on any atom is -0.492 e. The molecule has 0 atom stereocenters. The zero-order chi connectivity index (χ0) is 24.5. The molecule has 0 spiro atoms. The van der Waals surface area contributed by atoms with Gasteiger partial charge in [0.25, 0.3) is 5.22 Å². The SMILES string of the molecule is CC(C)OC(=O)c1cccc(NC(=O)CSc2nnc(CCCOc3ccc(Cl)cc3Cl)o2)c1. The van der Waals surface area contributed by atoms with Gasteiger partial charge in [-0.2, -0.15) is 0 Å². The predicted molar refractivity (Wildman–Crippen MR) is 131 cm³/mol. The lowest BCUT2D eigenvalue weighted by molar-refractivity contribution is -0.113. The second kappa shape index (κ2) is 12.6. The number of hydrogen-bond donors (Lipinski definition) is 1. The molecule has 0 saturated heterocycles. The molecule has 1 heterocycles. The first-order valence-corrected chi connectivity index (χ1v) is 12.2. The fourth-order valence-corrected chi connectivity index (χ4v) is 3.77. The number of nitrogens with one attached hydrogen (secondary N) is 1. The molecule has 1 N–H and O–H groups in total. The minimum atomic E-state index is -0.444. The molecular weight excluding hydrogens is 501 g/mol. The number of nitrogens with zero attached hydrogens (tertiary/aromatic N) is 2. The fraction of sp³-hybridized carbons (Fsp3) is 0.304. The number of halogens is 2. The van der Waals surface area contributed by atoms with Gasteiger partial charge in [0, 0.05) is 17.1 Å². The number of amides is 1. The molecule has 1 aromatic heterocycles. The number of aromatic nitrogens is 2. The summed E-state index contributed by atoms with van der Waals surface area (Å²) < 4.78 is 16.4. The molecule has 0 unspecified atom stereocenters. The Morgan fingerprint density at radius 3 is 2.74 bits per heavy atom. The average Bonchev–Trinajstić information content (AvgIpc) is 3.24. The van der Waals surface area contributed by atoms with E-state index >= 15 is 0 Å². The van der Waals surface area contributed by atoms with Crippen molar-refractivity contribution in [1.29, 1.82) is 0 Å². The summed E-state index contributed by atoms with van der Waals surface area (Å²) in [7, 11) is 0. The van der Waals surface area contributed by atoms with Crippen LogP contribution in [0.15, 0.2) is 52.1 Å². The Morgan fingerprint density at radius 2 is 1.97 bits per heavy atom. The van der Waals surface area contributed by atoms with Gasteiger partial charge in [-0.05, 0) is 56.7 Å². The van der Waals surface area contributed by atoms with E-state index < -0.39 is 5.97 Å². The maximum absolute atomic E-state index is 12.3. The first-order valence-electron chi connectivity index (χ1n) is 10.4. The standard InChI is InChI=1S/C23H23Cl2N3O5S/c1-14(2)32-22(30)15-5-3-6-17(11-15)26-20(29)13-34-23-28-27-21(33-23)7-4-10-31-19-9-8-16(24)12-18(19)25/h3,5-6,8-9,11-12,14H,4,7,10,13H2,1-2H3,(H,26,29). The van der Waals surface area contributed by atoms with Crippen LogP contribution >= 0.6 is 35.0 Å². The topological polar surface area (TPSA) is 104 Å². The van der Waals surface area contributed by atoms with Crippen LogP contribution in [0.4, 0.5) is 5.69 Å². The molecule has 0 fully saturated rings. The Balaban J connectivity index is 1.40. The zero-order valence-electron chi connectivity index (χ0n) is 18.5. The third kappa shape index (κ3) is 8.23. The smallest absolute Gasteiger partial charge is 0.338 e. The van der Waals surface area contributed by atoms with E-state index in [1.165, 1.54) is 0 Å². The minimum absolute atomic E-state index is 0.0699. The highest BCUT2D eigenvalue weighted by Crippen LogP contribution is 2.27. The lowest BCUT2D eigenvalue weighted by Crippen LogP contribution is -2.15. The van der Waals surface area contributed by atoms with Crippen LogP contribution in [0.1, 0.15) is 36.5 Å². The van der Waals surface area contributed by atoms with E-state index in [1.807, 2.05) is 0 Å². The van der Waals surface area contributed by atoms with Gasteiger partial charge < -0.3 is 19.2 Å². The van der Waals surface area contributed by atoms with Crippen molar-refractivity contribution in [3.05, 3.63) is 64.0 Å². The fourth-order valence-electron chi connectivity index (χ4n) is 2.73. The third-order valence-electron chi connectivity index (χ3n) is 4.19. The van der Waals surface area contributed by atoms with Crippen molar-refractivity contribution in [2.24, 2.45) is 0 Å². The van der Waals surface area contributed by atoms with Crippen LogP contribution in [0.2, 0.25) is 10.0 Å². The first-order chi connectivity index (χ1) is 16.3. The van der Waals surface area contributed by atoms with Gasteiger partial charge in [0.15, 0.2) is 0 Å². The molecule has 3 rings (SSSR count). The number of ether oxygens (including phenoxy) is 2. The summed E-state index contributed by atoms with van der Waals surface area (Å²) in [5, 5.41) is 12.0. The number of rotatable bonds is 11. The Bertz CT molecular complexity index is 1140. The van der Waals surface area contributed by atoms with Crippen molar-refractivity contribution in [2.45, 2.75) is 38.0 Å². The van der Waals surface area contributed by atoms with Gasteiger partial charge in [-0.3, -0.25) is 4.79 Å². The van der Waals surface area contributed by atoms with Crippen LogP contribution in [0.5, 0.6) is 5.75 Å². The monoisotopic (exact) mass is 523 g/mol. The molecule has 3 aromatic rings. The number of esters is 1. The van der Waals surface area contributed by atoms with Crippen LogP contribution in [0.25, 0.3) is 0 Å². The van der Waals surface area contributed by atoms with Crippen molar-refractivity contribution in [1.82, 2.24) is 10.2 Å². The summed E-state index contributed by atoms with van der Waals surface area (Å²) in [4.78, 5) is 24.3. The van der Waals surface area contributed by atoms with Crippen LogP contribution < -0.4 is 10.1 Å². The second-order valence-corrected chi connectivity index (χ2v) is 9.13. The van der Waals surface area contributed by atoms with Crippen molar-refractivity contribution in [3.63, 3.8) is 0 Å². The molecule has 0 aliphatic carbocycles. The van der Waals surface area contributed by atoms with Gasteiger partial charge in [0.2, 0.25) is 11.8 Å². The van der Waals surface area contributed by atoms with Crippen LogP contribution in [0.3, 0.4) is 0 Å². The molecule has 34 heavy (non-hydrogen) atoms. The molecular formula is C23H23Cl2N3O5S. The molecule has 0 aliphatic rings. The van der Waals surface area contributed by atoms with E-state index in [0.717, 1.165) is 11.8 Å². The highest BCUT2D eigenvalue weighted by molar-refractivity contribution is 7.99. The molecule has 0 aliphatic heterocycles. The number of hydrogen-bond acceptors (Lipinski definition) is 8. The summed E-state index contributed by atoms with van der Waals surface area (Å²) in [6.07, 6.45) is 0.932. The van der Waals surface area contributed by atoms with Gasteiger partial charge in [-0.15, -0.1) is 10.2 Å². The van der Waals surface area contributed by atoms with E-state index in [2.05, 4.69) is 15.5 Å². The largest absolute Gasteiger partial charge is 0.492 e. The van der Waals surface area contributed by atoms with Crippen molar-refractivity contribution in [2.75, 3.05) is 17.7 Å². The van der Waals surface area contributed by atoms with Crippen LogP contribution in [-0.2, 0) is 16.0 Å². The Hall–Kier alpha value is -2.75. The molecule has 180 valence electrons. The number of carbonyl (C=O) groups is 2. The molecule has 8 nitrogen and oxygen atoms in total. The maximum Gasteiger partial charge on any atom is 0.338 e. The van der Waals surface area contributed by atoms with E-state index in [4.69, 9.17) is 37.1 Å². The van der Waals surface area contributed by atoms with Crippen LogP contribution in [0, 0.1) is 0 Å². The summed E-state index contributed by atoms with van der Waals surface area (Å²) in [5.41, 5.74) is 0.860. The first kappa shape index (κ1) is 25.9. The Kier molecular flexibility index (Phi) is 9.62. The Morgan fingerprint density at radius 1 is 1.15 bits per heavy atom. The molecule has 0 bridgehead atoms. The van der Waals surface area contributed by atoms with Gasteiger partial charge in [-0.25, -0.2) is 4.79 Å². The molecule has 0 radical (unpaired) electrons. The number of benzene rings is 2. The van der Waals surface area contributed by atoms with Gasteiger partial charge in [0.05, 0.1) is 29.0 Å². The quantitative estimate of drug-likeness (QED) is 0.194. The normalized spacial score (nSPS) is 10.9. The van der Waals surface area contributed by atoms with E-state index in [0.29, 0.717) is 57.6 Å². The summed E-state index contributed by atoms with van der Waals surface area (Å²) in [5.74, 6) is 0.361.